The van der Waals surface area contributed by atoms with Gasteiger partial charge in [0, 0.05) is 80.7 Å². The van der Waals surface area contributed by atoms with Crippen LogP contribution in [0.2, 0.25) is 0 Å². The summed E-state index contributed by atoms with van der Waals surface area (Å²) in [5.41, 5.74) is 7.84. The van der Waals surface area contributed by atoms with Gasteiger partial charge < -0.3 is 30.5 Å². The lowest BCUT2D eigenvalue weighted by molar-refractivity contribution is -0.150. The van der Waals surface area contributed by atoms with Crippen LogP contribution in [0.5, 0.6) is 0 Å². The molecule has 4 N–H and O–H groups in total. The van der Waals surface area contributed by atoms with Crippen molar-refractivity contribution in [1.29, 1.82) is 0 Å². The summed E-state index contributed by atoms with van der Waals surface area (Å²) in [6, 6.07) is 12.9. The fourth-order valence-electron chi connectivity index (χ4n) is 9.92. The van der Waals surface area contributed by atoms with Crippen LogP contribution in [0.3, 0.4) is 0 Å². The lowest BCUT2D eigenvalue weighted by atomic mass is 9.90. The van der Waals surface area contributed by atoms with Crippen molar-refractivity contribution in [3.63, 3.8) is 0 Å². The van der Waals surface area contributed by atoms with Crippen LogP contribution in [0.25, 0.3) is 11.3 Å². The highest BCUT2D eigenvalue weighted by molar-refractivity contribution is 6.18. The van der Waals surface area contributed by atoms with E-state index in [0.717, 1.165) is 69.7 Å². The molecule has 4 aromatic rings. The number of nitrogen functional groups attached to an aromatic ring is 1. The second-order valence-electron chi connectivity index (χ2n) is 18.3. The van der Waals surface area contributed by atoms with Gasteiger partial charge in [0.2, 0.25) is 23.8 Å². The molecule has 0 saturated carbocycles. The topological polar surface area (TPSA) is 235 Å². The number of hydrogen-bond acceptors (Lipinski definition) is 14. The number of carbonyl (C=O) groups is 7. The molecule has 0 radical (unpaired) electrons. The Kier molecular flexibility index (Phi) is 13.9. The van der Waals surface area contributed by atoms with Crippen LogP contribution >= 0.6 is 0 Å². The molecule has 2 aromatic heterocycles. The number of ether oxygens (including phenoxy) is 1. The highest BCUT2D eigenvalue weighted by atomic mass is 19.1. The van der Waals surface area contributed by atoms with Crippen molar-refractivity contribution < 1.29 is 42.7 Å². The Morgan fingerprint density at radius 3 is 2.30 bits per heavy atom. The van der Waals surface area contributed by atoms with E-state index in [0.29, 0.717) is 54.4 Å². The van der Waals surface area contributed by atoms with Crippen LogP contribution in [0.15, 0.2) is 85.0 Å². The largest absolute Gasteiger partial charge is 0.442 e. The number of halogens is 1. The molecule has 0 spiro atoms. The standard InChI is InChI=1S/C49H54FN11O8/c50-34-6-8-35(9-7-34)54-46(65)43(31-4-2-1-3-5-31)69-49(68)42-44(51)52-28-37(55-42)33-27-53-60(29-33)36-17-20-57(21-18-36)19-12-30-13-22-59(23-14-30)47(66)32-15-24-58(25-16-32)39-26-41(63)61(48(39)67)38-10-11-40(62)56-45(38)64/h1-9,26-30,32,36,38,43H,10-25H2,(H2,51,52)(H,54,65)(H,56,62,64)/t38?,43-/m1/s1. The number of nitrogens with zero attached hydrogens (tertiary/aromatic N) is 8. The number of carbonyl (C=O) groups excluding carboxylic acids is 7. The summed E-state index contributed by atoms with van der Waals surface area (Å²) in [6.45, 7) is 5.16. The number of piperidine rings is 4. The number of likely N-dealkylation sites (tertiary alicyclic amines) is 3. The molecule has 5 aliphatic heterocycles. The predicted molar refractivity (Wildman–Crippen MR) is 246 cm³/mol. The molecule has 7 heterocycles. The molecule has 69 heavy (non-hydrogen) atoms. The Morgan fingerprint density at radius 1 is 0.870 bits per heavy atom. The highest BCUT2D eigenvalue weighted by Crippen LogP contribution is 2.32. The number of nitrogens with two attached hydrogens (primary N) is 1. The summed E-state index contributed by atoms with van der Waals surface area (Å²) in [5.74, 6) is -3.85. The molecule has 2 aromatic carbocycles. The van der Waals surface area contributed by atoms with Gasteiger partial charge in [-0.25, -0.2) is 19.2 Å². The summed E-state index contributed by atoms with van der Waals surface area (Å²) in [6.07, 6.45) is 11.0. The second kappa shape index (κ2) is 20.5. The Hall–Kier alpha value is -7.35. The SMILES string of the molecule is Nc1ncc(-c2cnn(C3CCN(CCC4CCN(C(=O)C5CCN(C6=CC(=O)N(C7CCC(=O)NC7=O)C6=O)CC5)CC4)CC3)c2)nc1C(=O)O[C@@H](C(=O)Nc1ccc(F)cc1)c1ccccc1. The summed E-state index contributed by atoms with van der Waals surface area (Å²) < 4.78 is 21.1. The maximum absolute atomic E-state index is 13.6. The molecule has 19 nitrogen and oxygen atoms in total. The molecule has 1 unspecified atom stereocenters. The summed E-state index contributed by atoms with van der Waals surface area (Å²) >= 11 is 0. The van der Waals surface area contributed by atoms with Gasteiger partial charge >= 0.3 is 5.97 Å². The lowest BCUT2D eigenvalue weighted by Crippen LogP contribution is -2.55. The smallest absolute Gasteiger partial charge is 0.361 e. The first kappa shape index (κ1) is 46.7. The quantitative estimate of drug-likeness (QED) is 0.128. The average Bonchev–Trinajstić information content (AvgIpc) is 3.98. The minimum Gasteiger partial charge on any atom is -0.442 e. The van der Waals surface area contributed by atoms with E-state index in [9.17, 15) is 38.0 Å². The summed E-state index contributed by atoms with van der Waals surface area (Å²) in [4.78, 5) is 107. The highest BCUT2D eigenvalue weighted by Gasteiger charge is 2.44. The maximum Gasteiger partial charge on any atom is 0.361 e. The molecule has 5 aliphatic rings. The zero-order valence-electron chi connectivity index (χ0n) is 38.0. The van der Waals surface area contributed by atoms with Crippen molar-refractivity contribution in [2.24, 2.45) is 11.8 Å². The van der Waals surface area contributed by atoms with Crippen LogP contribution in [-0.4, -0.2) is 133 Å². The molecule has 20 heteroatoms. The molecular formula is C49H54FN11O8. The van der Waals surface area contributed by atoms with Crippen molar-refractivity contribution in [3.8, 4) is 11.3 Å². The van der Waals surface area contributed by atoms with E-state index < -0.39 is 53.5 Å². The molecular weight excluding hydrogens is 890 g/mol. The van der Waals surface area contributed by atoms with Gasteiger partial charge in [-0.05, 0) is 88.1 Å². The van der Waals surface area contributed by atoms with E-state index in [4.69, 9.17) is 10.5 Å². The summed E-state index contributed by atoms with van der Waals surface area (Å²) in [7, 11) is 0. The molecule has 360 valence electrons. The number of benzene rings is 2. The van der Waals surface area contributed by atoms with E-state index in [-0.39, 0.29) is 47.9 Å². The molecule has 0 aliphatic carbocycles. The zero-order valence-corrected chi connectivity index (χ0v) is 38.0. The first-order valence-corrected chi connectivity index (χ1v) is 23.6. The fraction of sp³-hybridized carbons (Fsp3) is 0.429. The molecule has 4 saturated heterocycles. The van der Waals surface area contributed by atoms with Gasteiger partial charge in [0.15, 0.2) is 11.5 Å². The van der Waals surface area contributed by atoms with Gasteiger partial charge in [0.1, 0.15) is 17.6 Å². The van der Waals surface area contributed by atoms with Gasteiger partial charge in [-0.3, -0.25) is 43.7 Å². The van der Waals surface area contributed by atoms with Gasteiger partial charge in [-0.15, -0.1) is 0 Å². The van der Waals surface area contributed by atoms with Crippen LogP contribution in [0.4, 0.5) is 15.9 Å². The van der Waals surface area contributed by atoms with E-state index in [1.165, 1.54) is 36.5 Å². The molecule has 2 atom stereocenters. The number of nitrogens with one attached hydrogen (secondary N) is 2. The van der Waals surface area contributed by atoms with E-state index in [1.54, 1.807) is 36.5 Å². The van der Waals surface area contributed by atoms with Crippen molar-refractivity contribution in [3.05, 3.63) is 102 Å². The number of aromatic nitrogens is 4. The first-order chi connectivity index (χ1) is 33.4. The Labute approximate surface area is 397 Å². The number of amides is 6. The Morgan fingerprint density at radius 2 is 1.59 bits per heavy atom. The van der Waals surface area contributed by atoms with Crippen molar-refractivity contribution >= 4 is 52.9 Å². The van der Waals surface area contributed by atoms with Crippen molar-refractivity contribution in [1.82, 2.24) is 44.7 Å². The first-order valence-electron chi connectivity index (χ1n) is 23.6. The number of imide groups is 2. The molecule has 4 fully saturated rings. The number of rotatable bonds is 13. The van der Waals surface area contributed by atoms with Crippen LogP contribution in [0, 0.1) is 17.7 Å². The van der Waals surface area contributed by atoms with Gasteiger partial charge in [-0.2, -0.15) is 5.10 Å². The Bertz CT molecular complexity index is 2640. The van der Waals surface area contributed by atoms with Crippen LogP contribution in [-0.2, 0) is 33.5 Å². The fourth-order valence-corrected chi connectivity index (χ4v) is 9.92. The zero-order chi connectivity index (χ0) is 48.2. The van der Waals surface area contributed by atoms with E-state index in [2.05, 4.69) is 30.6 Å². The van der Waals surface area contributed by atoms with Crippen molar-refractivity contribution in [2.75, 3.05) is 56.9 Å². The molecule has 9 rings (SSSR count). The number of hydrogen-bond donors (Lipinski definition) is 3. The third-order valence-electron chi connectivity index (χ3n) is 13.9. The minimum absolute atomic E-state index is 0.0642. The van der Waals surface area contributed by atoms with Gasteiger partial charge in [0.05, 0.1) is 24.1 Å². The minimum atomic E-state index is -1.37. The van der Waals surface area contributed by atoms with Crippen LogP contribution in [0.1, 0.15) is 86.0 Å². The lowest BCUT2D eigenvalue weighted by Gasteiger charge is -2.39. The van der Waals surface area contributed by atoms with Gasteiger partial charge in [-0.1, -0.05) is 30.3 Å². The third-order valence-corrected chi connectivity index (χ3v) is 13.9. The monoisotopic (exact) mass is 943 g/mol. The predicted octanol–water partition coefficient (Wildman–Crippen LogP) is 3.63. The number of anilines is 2. The van der Waals surface area contributed by atoms with E-state index in [1.807, 2.05) is 20.7 Å². The average molecular weight is 944 g/mol. The molecule has 0 bridgehead atoms. The van der Waals surface area contributed by atoms with Crippen molar-refractivity contribution in [2.45, 2.75) is 76.0 Å². The Balaban J connectivity index is 0.708. The summed E-state index contributed by atoms with van der Waals surface area (Å²) in [5, 5.41) is 9.51. The molecule has 6 amide bonds. The van der Waals surface area contributed by atoms with E-state index >= 15 is 0 Å². The normalized spacial score (nSPS) is 20.4. The van der Waals surface area contributed by atoms with Crippen LogP contribution < -0.4 is 16.4 Å². The third kappa shape index (κ3) is 10.5. The second-order valence-corrected chi connectivity index (χ2v) is 18.3. The maximum atomic E-state index is 13.6. The number of esters is 1. The van der Waals surface area contributed by atoms with Gasteiger partial charge in [0.25, 0.3) is 17.7 Å².